The molecule has 8 aliphatic rings. The van der Waals surface area contributed by atoms with E-state index in [-0.39, 0.29) is 6.54 Å². The summed E-state index contributed by atoms with van der Waals surface area (Å²) in [6.07, 6.45) is -76.9. The lowest BCUT2D eigenvalue weighted by molar-refractivity contribution is -0.385. The van der Waals surface area contributed by atoms with Crippen molar-refractivity contribution in [2.75, 3.05) is 66.0 Å². The van der Waals surface area contributed by atoms with Crippen LogP contribution >= 0.6 is 15.6 Å². The zero-order valence-corrected chi connectivity index (χ0v) is 56.8. The highest BCUT2D eigenvalue weighted by Gasteiger charge is 2.61. The number of aliphatic carboxylic acids is 1. The Morgan fingerprint density at radius 2 is 1.01 bits per heavy atom. The van der Waals surface area contributed by atoms with Gasteiger partial charge in [0.05, 0.1) is 77.6 Å². The van der Waals surface area contributed by atoms with Gasteiger partial charge in [-0.1, -0.05) is 0 Å². The van der Waals surface area contributed by atoms with E-state index in [1.807, 2.05) is 0 Å². The van der Waals surface area contributed by atoms with Crippen molar-refractivity contribution in [2.24, 2.45) is 17.2 Å². The number of aliphatic hydroxyl groups is 21. The molecule has 41 atom stereocenters. The van der Waals surface area contributed by atoms with Gasteiger partial charge in [-0.05, 0) is 0 Å². The first-order valence-electron chi connectivity index (χ1n) is 32.4. The van der Waals surface area contributed by atoms with Crippen LogP contribution in [0.3, 0.4) is 0 Å². The van der Waals surface area contributed by atoms with Crippen molar-refractivity contribution in [3.8, 4) is 0 Å². The van der Waals surface area contributed by atoms with E-state index in [9.17, 15) is 141 Å². The van der Waals surface area contributed by atoms with Gasteiger partial charge in [0, 0.05) is 19.9 Å². The fraction of sp³-hybridized carbons (Fsp3) is 0.962. The summed E-state index contributed by atoms with van der Waals surface area (Å²) in [6, 6.07) is -5.39. The molecule has 8 fully saturated rings. The predicted octanol–water partition coefficient (Wildman–Crippen LogP) is -17.7. The van der Waals surface area contributed by atoms with Crippen LogP contribution < -0.4 is 22.5 Å². The molecule has 8 saturated heterocycles. The number of nitrogens with two attached hydrogens (primary N) is 3. The molecule has 105 heavy (non-hydrogen) atoms. The van der Waals surface area contributed by atoms with Gasteiger partial charge in [0.2, 0.25) is 5.91 Å². The van der Waals surface area contributed by atoms with Crippen LogP contribution in [0.25, 0.3) is 0 Å². The molecule has 3 unspecified atom stereocenters. The highest BCUT2D eigenvalue weighted by atomic mass is 31.2. The zero-order valence-electron chi connectivity index (χ0n) is 55.1. The maximum atomic E-state index is 14.2. The first-order valence-corrected chi connectivity index (χ1v) is 35.4. The van der Waals surface area contributed by atoms with Gasteiger partial charge in [-0.3, -0.25) is 22.9 Å². The van der Waals surface area contributed by atoms with Crippen LogP contribution in [0.5, 0.6) is 0 Å². The predicted molar refractivity (Wildman–Crippen MR) is 320 cm³/mol. The second-order valence-corrected chi connectivity index (χ2v) is 28.5. The summed E-state index contributed by atoms with van der Waals surface area (Å²) >= 11 is 0. The van der Waals surface area contributed by atoms with Crippen molar-refractivity contribution in [3.05, 3.63) is 0 Å². The highest BCUT2D eigenvalue weighted by Crippen LogP contribution is 2.49. The van der Waals surface area contributed by atoms with E-state index in [0.29, 0.717) is 0 Å². The number of carbonyl (C=O) groups excluding carboxylic acids is 1. The molecule has 0 aromatic rings. The number of hydrogen-bond acceptors (Lipinski definition) is 46. The monoisotopic (exact) mass is 1580 g/mol. The number of ether oxygens (including phenoxy) is 14. The molecule has 50 nitrogen and oxygen atoms in total. The molecule has 0 bridgehead atoms. The summed E-state index contributed by atoms with van der Waals surface area (Å²) in [4.78, 5) is 49.0. The molecular formula is C53H94N4O46P2. The van der Waals surface area contributed by atoms with Gasteiger partial charge in [0.1, 0.15) is 171 Å². The smallest absolute Gasteiger partial charge is 0.474 e. The van der Waals surface area contributed by atoms with E-state index in [2.05, 4.69) is 5.32 Å². The maximum Gasteiger partial charge on any atom is 0.474 e. The Labute approximate surface area is 592 Å². The standard InChI is InChI=1S/C53H94N4O46P2/c1-13(61)57-25-42(99-50-43(36(75)28(67)18(6-59)94-50)100-48-38(77)26(65)15(63)8-86-48)32(71)22(12-91-105(84,85)103-51-44(37(76)29(68)19(7-60)95-51)101-49-39(78)35(74)27(66)17(5-58)93-49)97-47(25)98-40-14(62)4-53(52(80)81,102-41(40)16(64)9-90-104(82,83)89-3-2-54)88-11-21-31(70)34(73)24(56)46(96-21)87-10-20-30(69)33(72)23(55)45(79)92-20/h14-51,58-60,62-79H,2-12,54-56H2,1H3,(H,57,61)(H,80,81)(H,82,83)(H,84,85)/t14-,15-,16-,17-,18-,19-,20-,21-,22-,23-,24-,25-,26+,27-,28-,29-,30-,31-,32+,33-,34-,35+,36+,37+,38-,39+,40-,41-,42-,43-,44+,45+,46-,47-,48+,49-,50+,51-,53?/m1/s1. The topological polar surface area (TPSA) is 810 Å². The second-order valence-electron chi connectivity index (χ2n) is 25.6. The minimum atomic E-state index is -6.03. The van der Waals surface area contributed by atoms with Gasteiger partial charge in [0.15, 0.2) is 44.0 Å². The van der Waals surface area contributed by atoms with Crippen LogP contribution in [0, 0.1) is 0 Å². The Morgan fingerprint density at radius 3 is 1.60 bits per heavy atom. The lowest BCUT2D eigenvalue weighted by Crippen LogP contribution is -2.70. The van der Waals surface area contributed by atoms with E-state index >= 15 is 0 Å². The van der Waals surface area contributed by atoms with Gasteiger partial charge < -0.3 is 211 Å². The lowest BCUT2D eigenvalue weighted by atomic mass is 9.91. The Kier molecular flexibility index (Phi) is 31.5. The minimum Gasteiger partial charge on any atom is -0.477 e. The van der Waals surface area contributed by atoms with Crippen molar-refractivity contribution in [1.29, 1.82) is 0 Å². The van der Waals surface area contributed by atoms with E-state index in [1.165, 1.54) is 0 Å². The Morgan fingerprint density at radius 1 is 0.514 bits per heavy atom. The number of phosphoric acid groups is 2. The lowest BCUT2D eigenvalue weighted by Gasteiger charge is -2.51. The van der Waals surface area contributed by atoms with E-state index < -0.39 is 332 Å². The molecular weight excluding hydrogens is 1490 g/mol. The van der Waals surface area contributed by atoms with Crippen LogP contribution in [0.1, 0.15) is 13.3 Å². The number of aliphatic hydroxyl groups excluding tert-OH is 21. The molecule has 0 aromatic carbocycles. The molecule has 8 aliphatic heterocycles. The second kappa shape index (κ2) is 37.5. The van der Waals surface area contributed by atoms with Crippen LogP contribution in [0.2, 0.25) is 0 Å². The molecule has 0 radical (unpaired) electrons. The minimum absolute atomic E-state index is 0.387. The maximum absolute atomic E-state index is 14.2. The third-order valence-corrected chi connectivity index (χ3v) is 20.1. The van der Waals surface area contributed by atoms with Gasteiger partial charge in [-0.25, -0.2) is 13.9 Å². The number of nitrogens with one attached hydrogen (secondary N) is 1. The van der Waals surface area contributed by atoms with Crippen molar-refractivity contribution in [1.82, 2.24) is 5.32 Å². The quantitative estimate of drug-likeness (QED) is 0.0287. The van der Waals surface area contributed by atoms with Crippen molar-refractivity contribution >= 4 is 27.5 Å². The number of phosphoric ester groups is 2. The molecule has 612 valence electrons. The Bertz CT molecular complexity index is 2850. The number of rotatable bonds is 31. The summed E-state index contributed by atoms with van der Waals surface area (Å²) in [6.45, 7) is -9.39. The number of amides is 1. The van der Waals surface area contributed by atoms with E-state index in [1.54, 1.807) is 0 Å². The summed E-state index contributed by atoms with van der Waals surface area (Å²) in [5, 5.41) is 241. The molecule has 0 spiro atoms. The van der Waals surface area contributed by atoms with E-state index in [4.69, 9.17) is 102 Å². The fourth-order valence-electron chi connectivity index (χ4n) is 12.3. The third kappa shape index (κ3) is 20.5. The SMILES string of the molecule is CC(=O)N[C@H]1[C@@H](O[C@H]2[C@@H]([C@H](O)COP(=O)(O)OCCN)OC(OC[C@H]3O[C@@H](OC[C@H]4O[C@H](O)[C@H](N)[C@@H](O)[C@@H]4O)[C@H](N)[C@@H](O)[C@@H]3O)(C(=O)O)C[C@H]2O)O[C@H](COP(=O)(O)O[C@H]2O[C@H](CO)[C@@H](O)[C@H](O)[C@@H]2O[C@H]2O[C@H](CO)[C@@H](O)[C@H](O)[C@@H]2O)[C@H](O)[C@@H]1O[C@@H]1O[C@H](CO)[C@@H](O)[C@H](O)[C@H]1O[C@@H]1OC[C@@H](O)[C@H](O)[C@H]1O. The first kappa shape index (κ1) is 88.2. The zero-order chi connectivity index (χ0) is 77.8. The van der Waals surface area contributed by atoms with Crippen LogP contribution in [0.15, 0.2) is 0 Å². The van der Waals surface area contributed by atoms with Crippen LogP contribution in [0.4, 0.5) is 0 Å². The van der Waals surface area contributed by atoms with E-state index in [0.717, 1.165) is 6.92 Å². The molecule has 8 heterocycles. The number of carboxylic acids is 1. The van der Waals surface area contributed by atoms with Gasteiger partial charge in [0.25, 0.3) is 5.79 Å². The third-order valence-electron chi connectivity index (χ3n) is 18.2. The fourth-order valence-corrected chi connectivity index (χ4v) is 13.9. The number of carboxylic acid groups (broad SMARTS) is 1. The van der Waals surface area contributed by atoms with Crippen molar-refractivity contribution in [2.45, 2.75) is 252 Å². The molecule has 1 amide bonds. The van der Waals surface area contributed by atoms with Crippen molar-refractivity contribution < 1.29 is 225 Å². The molecule has 0 aromatic heterocycles. The molecule has 31 N–H and O–H groups in total. The van der Waals surface area contributed by atoms with Gasteiger partial charge in [-0.15, -0.1) is 0 Å². The molecule has 8 rings (SSSR count). The van der Waals surface area contributed by atoms with Gasteiger partial charge in [-0.2, -0.15) is 0 Å². The van der Waals surface area contributed by atoms with Crippen LogP contribution in [-0.4, -0.2) is 439 Å². The largest absolute Gasteiger partial charge is 0.477 e. The Hall–Kier alpha value is -2.36. The summed E-state index contributed by atoms with van der Waals surface area (Å²) in [7, 11) is -11.3. The number of hydrogen-bond donors (Lipinski definition) is 28. The molecule has 0 aliphatic carbocycles. The summed E-state index contributed by atoms with van der Waals surface area (Å²) < 4.78 is 127. The average Bonchev–Trinajstić information content (AvgIpc) is 0.759. The Balaban J connectivity index is 1.14. The first-order chi connectivity index (χ1) is 49.2. The normalized spacial score (nSPS) is 48.0. The highest BCUT2D eigenvalue weighted by molar-refractivity contribution is 7.47. The van der Waals surface area contributed by atoms with Crippen LogP contribution in [-0.2, 0) is 103 Å². The van der Waals surface area contributed by atoms with Gasteiger partial charge >= 0.3 is 21.6 Å². The number of carbonyl (C=O) groups is 2. The van der Waals surface area contributed by atoms with Crippen molar-refractivity contribution in [3.63, 3.8) is 0 Å². The summed E-state index contributed by atoms with van der Waals surface area (Å²) in [5.41, 5.74) is 17.1. The molecule has 0 saturated carbocycles. The summed E-state index contributed by atoms with van der Waals surface area (Å²) in [5.74, 6) is -6.69. The molecule has 52 heteroatoms. The average molecular weight is 1590 g/mol.